The van der Waals surface area contributed by atoms with Gasteiger partial charge in [0.05, 0.1) is 25.0 Å². The number of hydrogen-bond donors (Lipinski definition) is 1. The molecule has 1 aromatic heterocycles. The fraction of sp³-hybridized carbons (Fsp3) is 0.500. The van der Waals surface area contributed by atoms with Crippen LogP contribution in [0.4, 0.5) is 5.69 Å². The average Bonchev–Trinajstić information content (AvgIpc) is 2.09. The van der Waals surface area contributed by atoms with Crippen LogP contribution in [0.3, 0.4) is 0 Å². The van der Waals surface area contributed by atoms with E-state index in [1.807, 2.05) is 6.92 Å². The van der Waals surface area contributed by atoms with E-state index in [2.05, 4.69) is 5.10 Å². The molecule has 0 aromatic carbocycles. The SMILES string of the molecule is CCOCCn1ncc(N)cc1=O. The van der Waals surface area contributed by atoms with Crippen LogP contribution in [-0.2, 0) is 11.3 Å². The van der Waals surface area contributed by atoms with Crippen LogP contribution < -0.4 is 11.3 Å². The summed E-state index contributed by atoms with van der Waals surface area (Å²) in [5.74, 6) is 0. The maximum atomic E-state index is 11.2. The Kier molecular flexibility index (Phi) is 3.45. The lowest BCUT2D eigenvalue weighted by molar-refractivity contribution is 0.135. The largest absolute Gasteiger partial charge is 0.397 e. The number of nitrogens with zero attached hydrogens (tertiary/aromatic N) is 2. The molecule has 0 unspecified atom stereocenters. The van der Waals surface area contributed by atoms with Crippen LogP contribution in [-0.4, -0.2) is 23.0 Å². The van der Waals surface area contributed by atoms with Gasteiger partial charge in [0.1, 0.15) is 0 Å². The third-order valence-electron chi connectivity index (χ3n) is 1.54. The zero-order chi connectivity index (χ0) is 9.68. The quantitative estimate of drug-likeness (QED) is 0.660. The summed E-state index contributed by atoms with van der Waals surface area (Å²) in [6.07, 6.45) is 1.45. The highest BCUT2D eigenvalue weighted by atomic mass is 16.5. The number of nitrogen functional groups attached to an aromatic ring is 1. The van der Waals surface area contributed by atoms with Crippen molar-refractivity contribution in [1.29, 1.82) is 0 Å². The maximum absolute atomic E-state index is 11.2. The smallest absolute Gasteiger partial charge is 0.268 e. The summed E-state index contributed by atoms with van der Waals surface area (Å²) in [6.45, 7) is 3.50. The molecule has 0 radical (unpaired) electrons. The Morgan fingerprint density at radius 2 is 2.46 bits per heavy atom. The van der Waals surface area contributed by atoms with Gasteiger partial charge in [0.15, 0.2) is 0 Å². The van der Waals surface area contributed by atoms with Crippen molar-refractivity contribution in [3.63, 3.8) is 0 Å². The Bertz CT molecular complexity index is 321. The summed E-state index contributed by atoms with van der Waals surface area (Å²) >= 11 is 0. The van der Waals surface area contributed by atoms with Gasteiger partial charge in [-0.1, -0.05) is 0 Å². The third kappa shape index (κ3) is 2.87. The lowest BCUT2D eigenvalue weighted by atomic mass is 10.5. The van der Waals surface area contributed by atoms with Gasteiger partial charge in [-0.05, 0) is 6.92 Å². The van der Waals surface area contributed by atoms with Crippen molar-refractivity contribution in [1.82, 2.24) is 9.78 Å². The minimum Gasteiger partial charge on any atom is -0.397 e. The molecule has 0 saturated heterocycles. The lowest BCUT2D eigenvalue weighted by Gasteiger charge is -2.03. The normalized spacial score (nSPS) is 10.2. The van der Waals surface area contributed by atoms with Gasteiger partial charge >= 0.3 is 0 Å². The molecule has 5 nitrogen and oxygen atoms in total. The number of anilines is 1. The zero-order valence-corrected chi connectivity index (χ0v) is 7.56. The average molecular weight is 183 g/mol. The first kappa shape index (κ1) is 9.73. The van der Waals surface area contributed by atoms with Crippen LogP contribution in [0.25, 0.3) is 0 Å². The van der Waals surface area contributed by atoms with E-state index in [9.17, 15) is 4.79 Å². The molecule has 0 spiro atoms. The summed E-state index contributed by atoms with van der Waals surface area (Å²) < 4.78 is 6.42. The second kappa shape index (κ2) is 4.61. The van der Waals surface area contributed by atoms with E-state index in [-0.39, 0.29) is 5.56 Å². The molecule has 0 fully saturated rings. The van der Waals surface area contributed by atoms with Crippen LogP contribution in [0.2, 0.25) is 0 Å². The molecule has 1 heterocycles. The highest BCUT2D eigenvalue weighted by molar-refractivity contribution is 5.31. The van der Waals surface area contributed by atoms with E-state index in [0.717, 1.165) is 0 Å². The Morgan fingerprint density at radius 3 is 3.08 bits per heavy atom. The topological polar surface area (TPSA) is 70.1 Å². The molecule has 5 heteroatoms. The van der Waals surface area contributed by atoms with Crippen molar-refractivity contribution < 1.29 is 4.74 Å². The van der Waals surface area contributed by atoms with E-state index in [1.54, 1.807) is 0 Å². The number of rotatable bonds is 4. The molecule has 2 N–H and O–H groups in total. The van der Waals surface area contributed by atoms with Gasteiger partial charge < -0.3 is 10.5 Å². The first-order valence-electron chi connectivity index (χ1n) is 4.14. The molecule has 13 heavy (non-hydrogen) atoms. The lowest BCUT2D eigenvalue weighted by Crippen LogP contribution is -2.24. The van der Waals surface area contributed by atoms with Gasteiger partial charge in [-0.2, -0.15) is 5.10 Å². The van der Waals surface area contributed by atoms with Crippen molar-refractivity contribution >= 4 is 5.69 Å². The van der Waals surface area contributed by atoms with Crippen molar-refractivity contribution in [2.75, 3.05) is 18.9 Å². The van der Waals surface area contributed by atoms with Crippen LogP contribution >= 0.6 is 0 Å². The van der Waals surface area contributed by atoms with Crippen molar-refractivity contribution in [2.24, 2.45) is 0 Å². The van der Waals surface area contributed by atoms with Gasteiger partial charge in [-0.15, -0.1) is 0 Å². The first-order chi connectivity index (χ1) is 6.24. The second-order valence-electron chi connectivity index (χ2n) is 2.55. The Balaban J connectivity index is 2.62. The molecule has 72 valence electrons. The third-order valence-corrected chi connectivity index (χ3v) is 1.54. The molecular weight excluding hydrogens is 170 g/mol. The Hall–Kier alpha value is -1.36. The van der Waals surface area contributed by atoms with Gasteiger partial charge in [0.2, 0.25) is 0 Å². The minimum absolute atomic E-state index is 0.195. The summed E-state index contributed by atoms with van der Waals surface area (Å²) in [6, 6.07) is 1.35. The van der Waals surface area contributed by atoms with Gasteiger partial charge in [-0.3, -0.25) is 4.79 Å². The summed E-state index contributed by atoms with van der Waals surface area (Å²) in [4.78, 5) is 11.2. The van der Waals surface area contributed by atoms with E-state index >= 15 is 0 Å². The maximum Gasteiger partial charge on any atom is 0.268 e. The van der Waals surface area contributed by atoms with Crippen LogP contribution in [0, 0.1) is 0 Å². The number of nitrogens with two attached hydrogens (primary N) is 1. The van der Waals surface area contributed by atoms with Crippen LogP contribution in [0.5, 0.6) is 0 Å². The number of hydrogen-bond acceptors (Lipinski definition) is 4. The van der Waals surface area contributed by atoms with Crippen molar-refractivity contribution in [3.05, 3.63) is 22.6 Å². The van der Waals surface area contributed by atoms with Gasteiger partial charge in [0, 0.05) is 12.7 Å². The molecule has 1 rings (SSSR count). The molecule has 0 amide bonds. The van der Waals surface area contributed by atoms with Crippen molar-refractivity contribution in [3.8, 4) is 0 Å². The second-order valence-corrected chi connectivity index (χ2v) is 2.55. The molecule has 1 aromatic rings. The predicted octanol–water partition coefficient (Wildman–Crippen LogP) is -0.138. The monoisotopic (exact) mass is 183 g/mol. The highest BCUT2D eigenvalue weighted by Crippen LogP contribution is 1.90. The summed E-state index contributed by atoms with van der Waals surface area (Å²) in [7, 11) is 0. The van der Waals surface area contributed by atoms with Crippen molar-refractivity contribution in [2.45, 2.75) is 13.5 Å². The van der Waals surface area contributed by atoms with E-state index in [0.29, 0.717) is 25.4 Å². The van der Waals surface area contributed by atoms with Gasteiger partial charge in [0.25, 0.3) is 5.56 Å². The first-order valence-corrected chi connectivity index (χ1v) is 4.14. The summed E-state index contributed by atoms with van der Waals surface area (Å²) in [5.41, 5.74) is 5.57. The summed E-state index contributed by atoms with van der Waals surface area (Å²) in [5, 5.41) is 3.85. The van der Waals surface area contributed by atoms with Crippen LogP contribution in [0.15, 0.2) is 17.1 Å². The molecule has 0 bridgehead atoms. The zero-order valence-electron chi connectivity index (χ0n) is 7.56. The van der Waals surface area contributed by atoms with Crippen LogP contribution in [0.1, 0.15) is 6.92 Å². The predicted molar refractivity (Wildman–Crippen MR) is 49.4 cm³/mol. The fourth-order valence-electron chi connectivity index (χ4n) is 0.911. The molecule has 0 aliphatic carbocycles. The number of ether oxygens (including phenoxy) is 1. The fourth-order valence-corrected chi connectivity index (χ4v) is 0.911. The molecule has 0 aliphatic rings. The van der Waals surface area contributed by atoms with E-state index in [1.165, 1.54) is 16.9 Å². The molecular formula is C8H13N3O2. The minimum atomic E-state index is -0.195. The van der Waals surface area contributed by atoms with E-state index in [4.69, 9.17) is 10.5 Å². The molecule has 0 saturated carbocycles. The molecule has 0 aliphatic heterocycles. The van der Waals surface area contributed by atoms with E-state index < -0.39 is 0 Å². The highest BCUT2D eigenvalue weighted by Gasteiger charge is 1.96. The number of aromatic nitrogens is 2. The Labute approximate surface area is 76.1 Å². The standard InChI is InChI=1S/C8H13N3O2/c1-2-13-4-3-11-8(12)5-7(9)6-10-11/h5-6H,2-4,9H2,1H3. The Morgan fingerprint density at radius 1 is 1.69 bits per heavy atom. The van der Waals surface area contributed by atoms with Gasteiger partial charge in [-0.25, -0.2) is 4.68 Å². The molecule has 0 atom stereocenters.